The lowest BCUT2D eigenvalue weighted by molar-refractivity contribution is 0.560. The number of pyridine rings is 1. The van der Waals surface area contributed by atoms with Crippen LogP contribution in [0.2, 0.25) is 0 Å². The van der Waals surface area contributed by atoms with Crippen molar-refractivity contribution in [1.29, 1.82) is 0 Å². The number of nitrogens with one attached hydrogen (secondary N) is 1. The zero-order valence-corrected chi connectivity index (χ0v) is 13.7. The van der Waals surface area contributed by atoms with Crippen LogP contribution in [0.3, 0.4) is 0 Å². The number of aromatic nitrogens is 3. The Morgan fingerprint density at radius 3 is 2.95 bits per heavy atom. The van der Waals surface area contributed by atoms with Gasteiger partial charge in [-0.15, -0.1) is 0 Å². The zero-order valence-electron chi connectivity index (χ0n) is 12.1. The molecule has 2 aromatic heterocycles. The van der Waals surface area contributed by atoms with E-state index < -0.39 is 0 Å². The van der Waals surface area contributed by atoms with Gasteiger partial charge < -0.3 is 5.32 Å². The summed E-state index contributed by atoms with van der Waals surface area (Å²) in [7, 11) is 0. The monoisotopic (exact) mass is 308 g/mol. The van der Waals surface area contributed by atoms with Crippen LogP contribution < -0.4 is 5.32 Å². The average molecular weight is 308 g/mol. The van der Waals surface area contributed by atoms with E-state index in [9.17, 15) is 0 Å². The van der Waals surface area contributed by atoms with Crippen LogP contribution in [0.25, 0.3) is 0 Å². The highest BCUT2D eigenvalue weighted by Crippen LogP contribution is 2.32. The Bertz CT molecular complexity index is 541. The molecule has 108 valence electrons. The van der Waals surface area contributed by atoms with Crippen LogP contribution in [-0.2, 0) is 6.42 Å². The number of aryl methyl sites for hydroxylation is 1. The zero-order chi connectivity index (χ0) is 14.4. The summed E-state index contributed by atoms with van der Waals surface area (Å²) in [5.41, 5.74) is 1.22. The lowest BCUT2D eigenvalue weighted by atomic mass is 10.1. The van der Waals surface area contributed by atoms with Crippen molar-refractivity contribution in [3.8, 4) is 0 Å². The van der Waals surface area contributed by atoms with Gasteiger partial charge in [0.2, 0.25) is 0 Å². The number of rotatable bonds is 7. The normalized spacial score (nSPS) is 12.6. The maximum Gasteiger partial charge on any atom is 0.176 e. The maximum atomic E-state index is 4.50. The quantitative estimate of drug-likeness (QED) is 0.845. The molecule has 1 atom stereocenters. The number of nitrogens with zero attached hydrogens (tertiary/aromatic N) is 3. The molecule has 0 aliphatic heterocycles. The molecular formula is C14H20N4S2. The molecule has 2 heterocycles. The van der Waals surface area contributed by atoms with Crippen LogP contribution in [0.4, 0.5) is 0 Å². The third-order valence-corrected chi connectivity index (χ3v) is 4.74. The summed E-state index contributed by atoms with van der Waals surface area (Å²) in [4.78, 5) is 9.00. The van der Waals surface area contributed by atoms with Crippen LogP contribution in [0.5, 0.6) is 0 Å². The van der Waals surface area contributed by atoms with E-state index in [2.05, 4.69) is 46.5 Å². The van der Waals surface area contributed by atoms with Gasteiger partial charge in [-0.05, 0) is 49.3 Å². The van der Waals surface area contributed by atoms with Crippen molar-refractivity contribution in [3.05, 3.63) is 29.7 Å². The maximum absolute atomic E-state index is 4.50. The highest BCUT2D eigenvalue weighted by Gasteiger charge is 2.14. The summed E-state index contributed by atoms with van der Waals surface area (Å²) in [5, 5.41) is 4.52. The van der Waals surface area contributed by atoms with Crippen LogP contribution in [0, 0.1) is 0 Å². The van der Waals surface area contributed by atoms with Gasteiger partial charge in [0.25, 0.3) is 0 Å². The molecule has 2 aromatic rings. The second kappa shape index (κ2) is 7.71. The molecule has 0 amide bonds. The molecule has 0 saturated carbocycles. The molecule has 0 fully saturated rings. The summed E-state index contributed by atoms with van der Waals surface area (Å²) >= 11 is 3.05. The van der Waals surface area contributed by atoms with Crippen molar-refractivity contribution in [2.45, 2.75) is 49.0 Å². The molecule has 0 saturated heterocycles. The average Bonchev–Trinajstić information content (AvgIpc) is 2.93. The minimum absolute atomic E-state index is 0.296. The first-order valence-electron chi connectivity index (χ1n) is 6.93. The van der Waals surface area contributed by atoms with Gasteiger partial charge in [0, 0.05) is 24.2 Å². The van der Waals surface area contributed by atoms with Crippen molar-refractivity contribution in [3.63, 3.8) is 0 Å². The van der Waals surface area contributed by atoms with Crippen LogP contribution >= 0.6 is 23.3 Å². The molecule has 20 heavy (non-hydrogen) atoms. The van der Waals surface area contributed by atoms with Gasteiger partial charge in [0.15, 0.2) is 4.34 Å². The Labute approximate surface area is 128 Å². The van der Waals surface area contributed by atoms with Crippen molar-refractivity contribution in [2.24, 2.45) is 0 Å². The Morgan fingerprint density at radius 1 is 1.40 bits per heavy atom. The summed E-state index contributed by atoms with van der Waals surface area (Å²) in [6.07, 6.45) is 3.84. The van der Waals surface area contributed by atoms with Gasteiger partial charge >= 0.3 is 0 Å². The van der Waals surface area contributed by atoms with E-state index in [0.717, 1.165) is 34.6 Å². The van der Waals surface area contributed by atoms with Crippen molar-refractivity contribution in [1.82, 2.24) is 19.7 Å². The van der Waals surface area contributed by atoms with Gasteiger partial charge in [-0.25, -0.2) is 9.97 Å². The van der Waals surface area contributed by atoms with Crippen molar-refractivity contribution >= 4 is 23.3 Å². The summed E-state index contributed by atoms with van der Waals surface area (Å²) in [6, 6.07) is 4.41. The number of hydrogen-bond donors (Lipinski definition) is 1. The third-order valence-electron chi connectivity index (χ3n) is 2.92. The highest BCUT2D eigenvalue weighted by molar-refractivity contribution is 8.00. The third kappa shape index (κ3) is 4.01. The van der Waals surface area contributed by atoms with E-state index in [0.29, 0.717) is 6.04 Å². The summed E-state index contributed by atoms with van der Waals surface area (Å²) < 4.78 is 5.28. The van der Waals surface area contributed by atoms with Gasteiger partial charge in [-0.1, -0.05) is 19.9 Å². The van der Waals surface area contributed by atoms with Crippen LogP contribution in [0.15, 0.2) is 27.7 Å². The molecule has 2 rings (SSSR count). The largest absolute Gasteiger partial charge is 0.310 e. The molecule has 1 N–H and O–H groups in total. The molecule has 0 spiro atoms. The molecule has 4 nitrogen and oxygen atoms in total. The van der Waals surface area contributed by atoms with Crippen molar-refractivity contribution < 1.29 is 0 Å². The van der Waals surface area contributed by atoms with Crippen LogP contribution in [-0.4, -0.2) is 20.9 Å². The highest BCUT2D eigenvalue weighted by atomic mass is 32.2. The molecule has 0 aliphatic carbocycles. The first-order chi connectivity index (χ1) is 9.74. The van der Waals surface area contributed by atoms with E-state index in [1.807, 2.05) is 12.3 Å². The van der Waals surface area contributed by atoms with Crippen LogP contribution in [0.1, 0.15) is 44.6 Å². The number of hydrogen-bond acceptors (Lipinski definition) is 6. The fourth-order valence-corrected chi connectivity index (χ4v) is 3.58. The predicted octanol–water partition coefficient (Wildman–Crippen LogP) is 3.71. The second-order valence-corrected chi connectivity index (χ2v) is 6.49. The Balaban J connectivity index is 2.14. The van der Waals surface area contributed by atoms with Gasteiger partial charge in [0.1, 0.15) is 10.9 Å². The lowest BCUT2D eigenvalue weighted by Gasteiger charge is -2.15. The van der Waals surface area contributed by atoms with Gasteiger partial charge in [0.05, 0.1) is 0 Å². The molecular weight excluding hydrogens is 288 g/mol. The molecule has 6 heteroatoms. The minimum atomic E-state index is 0.296. The van der Waals surface area contributed by atoms with E-state index in [4.69, 9.17) is 0 Å². The first kappa shape index (κ1) is 15.4. The Morgan fingerprint density at radius 2 is 2.25 bits per heavy atom. The Kier molecular flexibility index (Phi) is 5.94. The second-order valence-electron chi connectivity index (χ2n) is 4.51. The lowest BCUT2D eigenvalue weighted by Crippen LogP contribution is -2.20. The standard InChI is InChI=1S/C14H20N4S2/c1-4-8-15-10(3)11-7-6-9-16-13(11)19-14-17-12(5-2)18-20-14/h6-7,9-10,15H,4-5,8H2,1-3H3. The topological polar surface area (TPSA) is 50.7 Å². The van der Waals surface area contributed by atoms with E-state index in [1.165, 1.54) is 17.1 Å². The van der Waals surface area contributed by atoms with E-state index in [-0.39, 0.29) is 0 Å². The fourth-order valence-electron chi connectivity index (χ4n) is 1.79. The van der Waals surface area contributed by atoms with E-state index in [1.54, 1.807) is 11.8 Å². The van der Waals surface area contributed by atoms with E-state index >= 15 is 0 Å². The Hall–Kier alpha value is -0.980. The van der Waals surface area contributed by atoms with Gasteiger partial charge in [-0.3, -0.25) is 0 Å². The molecule has 1 unspecified atom stereocenters. The first-order valence-corrected chi connectivity index (χ1v) is 8.52. The fraction of sp³-hybridized carbons (Fsp3) is 0.500. The molecule has 0 radical (unpaired) electrons. The molecule has 0 aromatic carbocycles. The summed E-state index contributed by atoms with van der Waals surface area (Å²) in [5.74, 6) is 0.909. The molecule has 0 aliphatic rings. The smallest absolute Gasteiger partial charge is 0.176 e. The molecule has 0 bridgehead atoms. The summed E-state index contributed by atoms with van der Waals surface area (Å²) in [6.45, 7) is 7.43. The minimum Gasteiger partial charge on any atom is -0.310 e. The SMILES string of the molecule is CCCNC(C)c1cccnc1Sc1nc(CC)ns1. The van der Waals surface area contributed by atoms with Gasteiger partial charge in [-0.2, -0.15) is 4.37 Å². The predicted molar refractivity (Wildman–Crippen MR) is 84.4 cm³/mol. The van der Waals surface area contributed by atoms with Crippen molar-refractivity contribution in [2.75, 3.05) is 6.54 Å².